The van der Waals surface area contributed by atoms with Gasteiger partial charge >= 0.3 is 5.97 Å². The number of hydrogen-bond acceptors (Lipinski definition) is 15. The van der Waals surface area contributed by atoms with E-state index in [-0.39, 0.29) is 60.9 Å². The zero-order chi connectivity index (χ0) is 50.6. The van der Waals surface area contributed by atoms with Gasteiger partial charge in [-0.05, 0) is 112 Å². The molecule has 0 aromatic carbocycles. The highest BCUT2D eigenvalue weighted by atomic mass is 16.6. The zero-order valence-corrected chi connectivity index (χ0v) is 42.5. The van der Waals surface area contributed by atoms with Gasteiger partial charge in [0.25, 0.3) is 11.7 Å². The number of nitrogens with zero attached hydrogens (tertiary/aromatic N) is 5. The van der Waals surface area contributed by atoms with Gasteiger partial charge in [-0.3, -0.25) is 19.2 Å². The lowest BCUT2D eigenvalue weighted by molar-refractivity contribution is -0.265. The van der Waals surface area contributed by atoms with E-state index in [1.54, 1.807) is 45.9 Å². The molecule has 3 fully saturated rings. The predicted molar refractivity (Wildman–Crippen MR) is 256 cm³/mol. The molecule has 1 aromatic rings. The van der Waals surface area contributed by atoms with E-state index < -0.39 is 77.8 Å². The Morgan fingerprint density at radius 2 is 1.64 bits per heavy atom. The summed E-state index contributed by atoms with van der Waals surface area (Å²) in [6, 6.07) is -1.24. The minimum atomic E-state index is -2.43. The maximum absolute atomic E-state index is 14.5. The first-order valence-corrected chi connectivity index (χ1v) is 25.0. The van der Waals surface area contributed by atoms with Crippen LogP contribution in [0.2, 0.25) is 0 Å². The SMILES string of the molecule is CO[C@H]1C[C@@H]2CC[C@@H](C)[C@@](O)(O2)C(=O)C(=O)N2CCCC[C@H]2C(=O)O[C@H]([C@H](C)C[C@@H]2CC[C@H](n3ncnn3)[C@H](OC)C2)CC(=O)[C@H](C)/C=C(\C)[C@@H](O)[C@@H](OC)C(=O)[C@H](C)C[C@H](C)/C=C/C=CC=C1C. The second kappa shape index (κ2) is 25.7. The number of Topliss-reactive ketones (excluding diaryl/α,β-unsaturated/α-hetero) is 3. The summed E-state index contributed by atoms with van der Waals surface area (Å²) in [5.41, 5.74) is 1.27. The third-order valence-electron chi connectivity index (χ3n) is 15.1. The number of aliphatic hydroxyl groups excluding tert-OH is 1. The molecule has 4 heterocycles. The van der Waals surface area contributed by atoms with Crippen molar-refractivity contribution in [3.05, 3.63) is 53.9 Å². The van der Waals surface area contributed by atoms with Gasteiger partial charge in [0.2, 0.25) is 5.79 Å². The number of aromatic nitrogens is 4. The second-order valence-electron chi connectivity index (χ2n) is 20.3. The summed E-state index contributed by atoms with van der Waals surface area (Å²) >= 11 is 0. The molecule has 0 radical (unpaired) electrons. The molecule has 15 atom stereocenters. The van der Waals surface area contributed by atoms with E-state index in [9.17, 15) is 34.2 Å². The first kappa shape index (κ1) is 55.7. The van der Waals surface area contributed by atoms with Gasteiger partial charge in [-0.2, -0.15) is 4.80 Å². The van der Waals surface area contributed by atoms with Crippen LogP contribution >= 0.6 is 0 Å². The Bertz CT molecular complexity index is 2020. The molecule has 1 amide bonds. The third kappa shape index (κ3) is 14.2. The van der Waals surface area contributed by atoms with E-state index in [0.717, 1.165) is 18.4 Å². The van der Waals surface area contributed by atoms with Crippen LogP contribution < -0.4 is 0 Å². The molecule has 2 saturated heterocycles. The average Bonchev–Trinajstić information content (AvgIpc) is 3.88. The summed E-state index contributed by atoms with van der Waals surface area (Å²) in [4.78, 5) is 73.9. The smallest absolute Gasteiger partial charge is 0.329 e. The topological polar surface area (TPSA) is 219 Å². The predicted octanol–water partition coefficient (Wildman–Crippen LogP) is 6.05. The van der Waals surface area contributed by atoms with Crippen molar-refractivity contribution < 1.29 is 57.9 Å². The number of piperidine rings is 1. The fraction of sp³-hybridized carbons (Fsp3) is 0.731. The third-order valence-corrected chi connectivity index (χ3v) is 15.1. The number of tetrazole rings is 1. The normalized spacial score (nSPS) is 37.5. The lowest BCUT2D eigenvalue weighted by Crippen LogP contribution is -2.61. The van der Waals surface area contributed by atoms with Crippen LogP contribution in [-0.2, 0) is 47.7 Å². The number of ether oxygens (including phenoxy) is 5. The van der Waals surface area contributed by atoms with Crippen LogP contribution in [-0.4, -0.2) is 141 Å². The van der Waals surface area contributed by atoms with E-state index in [1.165, 1.54) is 18.3 Å². The van der Waals surface area contributed by atoms with Crippen molar-refractivity contribution in [2.45, 2.75) is 180 Å². The Hall–Kier alpha value is -4.26. The Morgan fingerprint density at radius 1 is 0.884 bits per heavy atom. The van der Waals surface area contributed by atoms with Gasteiger partial charge < -0.3 is 38.8 Å². The number of carbonyl (C=O) groups excluding carboxylic acids is 5. The number of cyclic esters (lactones) is 1. The molecule has 4 aliphatic rings. The lowest BCUT2D eigenvalue weighted by Gasteiger charge is -2.42. The van der Waals surface area contributed by atoms with Crippen molar-refractivity contribution in [3.63, 3.8) is 0 Å². The molecule has 17 heteroatoms. The zero-order valence-electron chi connectivity index (χ0n) is 42.5. The molecule has 384 valence electrons. The molecule has 1 saturated carbocycles. The van der Waals surface area contributed by atoms with E-state index in [1.807, 2.05) is 58.1 Å². The van der Waals surface area contributed by atoms with Gasteiger partial charge in [0.1, 0.15) is 30.1 Å². The van der Waals surface area contributed by atoms with Crippen LogP contribution in [0.4, 0.5) is 0 Å². The van der Waals surface area contributed by atoms with Crippen LogP contribution in [0.25, 0.3) is 0 Å². The molecule has 2 bridgehead atoms. The summed E-state index contributed by atoms with van der Waals surface area (Å²) < 4.78 is 29.9. The van der Waals surface area contributed by atoms with Crippen molar-refractivity contribution >= 4 is 29.2 Å². The maximum atomic E-state index is 14.5. The van der Waals surface area contributed by atoms with Crippen LogP contribution in [0, 0.1) is 35.5 Å². The van der Waals surface area contributed by atoms with E-state index in [2.05, 4.69) is 15.4 Å². The number of hydrogen-bond donors (Lipinski definition) is 2. The Morgan fingerprint density at radius 3 is 2.32 bits per heavy atom. The maximum Gasteiger partial charge on any atom is 0.329 e. The molecule has 1 aliphatic carbocycles. The summed E-state index contributed by atoms with van der Waals surface area (Å²) in [7, 11) is 4.61. The van der Waals surface area contributed by atoms with Crippen LogP contribution in [0.1, 0.15) is 132 Å². The van der Waals surface area contributed by atoms with Crippen molar-refractivity contribution in [1.29, 1.82) is 0 Å². The number of aliphatic hydroxyl groups is 2. The van der Waals surface area contributed by atoms with Crippen LogP contribution in [0.15, 0.2) is 53.9 Å². The number of allylic oxidation sites excluding steroid dienone is 6. The molecule has 3 aliphatic heterocycles. The van der Waals surface area contributed by atoms with E-state index >= 15 is 0 Å². The number of fused-ring (bicyclic) bond motifs is 3. The Labute approximate surface area is 408 Å². The summed E-state index contributed by atoms with van der Waals surface area (Å²) in [5, 5.41) is 35.7. The van der Waals surface area contributed by atoms with Crippen molar-refractivity contribution in [1.82, 2.24) is 25.1 Å². The highest BCUT2D eigenvalue weighted by molar-refractivity contribution is 6.39. The van der Waals surface area contributed by atoms with Crippen molar-refractivity contribution in [3.8, 4) is 0 Å². The lowest BCUT2D eigenvalue weighted by atomic mass is 9.77. The fourth-order valence-corrected chi connectivity index (χ4v) is 10.7. The minimum Gasteiger partial charge on any atom is -0.460 e. The molecule has 69 heavy (non-hydrogen) atoms. The van der Waals surface area contributed by atoms with Crippen molar-refractivity contribution in [2.24, 2.45) is 35.5 Å². The standard InChI is InChI=1S/C52H79N5O12/c1-31-16-12-11-13-17-32(2)43(65-8)28-39-21-19-37(7)52(64,69-39)49(61)50(62)56-23-15-14-18-41(56)51(63)68-44(34(4)26-38-20-22-40(45(27-38)66-9)57-54-30-53-55-57)29-42(58)33(3)25-36(6)47(60)48(67-10)46(59)35(5)24-31/h11-13,16-17,25,30-31,33-35,37-41,43-45,47-48,60,64H,14-15,18-24,26-29H2,1-10H3/b13-11?,16-12+,32-17?,36-25+/t31-,33-,34-,35-,37-,38+,39+,40+,41+,43+,44+,45-,47-,48+,52-/m1/s1. The molecule has 5 rings (SSSR count). The number of methoxy groups -OCH3 is 3. The number of esters is 1. The monoisotopic (exact) mass is 966 g/mol. The number of carbonyl (C=O) groups is 5. The Kier molecular flexibility index (Phi) is 20.8. The molecule has 0 spiro atoms. The first-order chi connectivity index (χ1) is 32.8. The van der Waals surface area contributed by atoms with Gasteiger partial charge in [0, 0.05) is 58.5 Å². The molecule has 1 aromatic heterocycles. The second-order valence-corrected chi connectivity index (χ2v) is 20.3. The molecule has 2 N–H and O–H groups in total. The molecular weight excluding hydrogens is 887 g/mol. The Balaban J connectivity index is 1.46. The van der Waals surface area contributed by atoms with E-state index in [4.69, 9.17) is 23.7 Å². The van der Waals surface area contributed by atoms with Gasteiger partial charge in [-0.25, -0.2) is 4.79 Å². The number of ketones is 3. The quantitative estimate of drug-likeness (QED) is 0.181. The molecule has 17 nitrogen and oxygen atoms in total. The van der Waals surface area contributed by atoms with Gasteiger partial charge in [0.05, 0.1) is 24.4 Å². The average molecular weight is 966 g/mol. The summed E-state index contributed by atoms with van der Waals surface area (Å²) in [6.45, 7) is 12.8. The van der Waals surface area contributed by atoms with Gasteiger partial charge in [-0.15, -0.1) is 10.2 Å². The summed E-state index contributed by atoms with van der Waals surface area (Å²) in [6.07, 6.45) is 13.7. The highest BCUT2D eigenvalue weighted by Gasteiger charge is 2.53. The minimum absolute atomic E-state index is 0.0168. The molecular formula is C52H79N5O12. The van der Waals surface area contributed by atoms with Crippen LogP contribution in [0.5, 0.6) is 0 Å². The largest absolute Gasteiger partial charge is 0.460 e. The fourth-order valence-electron chi connectivity index (χ4n) is 10.7. The first-order valence-electron chi connectivity index (χ1n) is 25.0. The number of amides is 1. The summed E-state index contributed by atoms with van der Waals surface area (Å²) in [5.74, 6) is -7.94. The van der Waals surface area contributed by atoms with Crippen molar-refractivity contribution in [2.75, 3.05) is 27.9 Å². The van der Waals surface area contributed by atoms with E-state index in [0.29, 0.717) is 56.9 Å². The van der Waals surface area contributed by atoms with Crippen LogP contribution in [0.3, 0.4) is 0 Å². The van der Waals surface area contributed by atoms with Gasteiger partial charge in [0.15, 0.2) is 12.1 Å². The highest BCUT2D eigenvalue weighted by Crippen LogP contribution is 2.39. The van der Waals surface area contributed by atoms with Gasteiger partial charge in [-0.1, -0.05) is 71.1 Å². The molecule has 0 unspecified atom stereocenters. The number of rotatable bonds is 7.